The molecule has 2 N–H and O–H groups in total. The number of aromatic nitrogens is 2. The van der Waals surface area contributed by atoms with Crippen LogP contribution in [0.5, 0.6) is 0 Å². The van der Waals surface area contributed by atoms with E-state index in [0.717, 1.165) is 5.69 Å². The van der Waals surface area contributed by atoms with Crippen molar-refractivity contribution in [1.29, 1.82) is 0 Å². The first-order valence-corrected chi connectivity index (χ1v) is 6.71. The third-order valence-corrected chi connectivity index (χ3v) is 3.07. The number of hydrogen-bond donors (Lipinski definition) is 2. The van der Waals surface area contributed by atoms with Gasteiger partial charge in [-0.25, -0.2) is 4.98 Å². The third-order valence-electron chi connectivity index (χ3n) is 3.07. The Bertz CT molecular complexity index is 480. The topological polar surface area (TPSA) is 67.0 Å². The molecule has 1 heterocycles. The third kappa shape index (κ3) is 4.44. The van der Waals surface area contributed by atoms with Gasteiger partial charge in [-0.3, -0.25) is 4.79 Å². The van der Waals surface area contributed by atoms with Crippen LogP contribution in [0.25, 0.3) is 0 Å². The Kier molecular flexibility index (Phi) is 5.26. The maximum absolute atomic E-state index is 12.0. The predicted molar refractivity (Wildman–Crippen MR) is 76.5 cm³/mol. The molecule has 19 heavy (non-hydrogen) atoms. The molecular formula is C14H25N3O2. The van der Waals surface area contributed by atoms with Gasteiger partial charge in [-0.05, 0) is 41.5 Å². The van der Waals surface area contributed by atoms with E-state index in [9.17, 15) is 4.79 Å². The fourth-order valence-electron chi connectivity index (χ4n) is 2.19. The van der Waals surface area contributed by atoms with E-state index in [4.69, 9.17) is 4.74 Å². The summed E-state index contributed by atoms with van der Waals surface area (Å²) < 4.78 is 5.63. The highest BCUT2D eigenvalue weighted by molar-refractivity contribution is 5.20. The highest BCUT2D eigenvalue weighted by Crippen LogP contribution is 2.14. The van der Waals surface area contributed by atoms with Crippen LogP contribution in [-0.4, -0.2) is 28.7 Å². The van der Waals surface area contributed by atoms with Crippen LogP contribution in [0.15, 0.2) is 4.79 Å². The summed E-state index contributed by atoms with van der Waals surface area (Å²) in [6.45, 7) is 13.0. The van der Waals surface area contributed by atoms with Gasteiger partial charge < -0.3 is 15.0 Å². The van der Waals surface area contributed by atoms with Crippen molar-refractivity contribution in [2.24, 2.45) is 0 Å². The fraction of sp³-hybridized carbons (Fsp3) is 0.714. The zero-order valence-electron chi connectivity index (χ0n) is 12.8. The summed E-state index contributed by atoms with van der Waals surface area (Å²) in [5.41, 5.74) is 1.15. The Morgan fingerprint density at radius 3 is 2.58 bits per heavy atom. The molecule has 5 nitrogen and oxygen atoms in total. The first-order chi connectivity index (χ1) is 8.76. The van der Waals surface area contributed by atoms with Crippen LogP contribution in [0.1, 0.15) is 50.8 Å². The minimum atomic E-state index is -0.248. The summed E-state index contributed by atoms with van der Waals surface area (Å²) in [4.78, 5) is 19.0. The molecule has 1 atom stereocenters. The van der Waals surface area contributed by atoms with Gasteiger partial charge >= 0.3 is 0 Å². The number of aryl methyl sites for hydroxylation is 2. The average Bonchev–Trinajstić information content (AvgIpc) is 2.25. The van der Waals surface area contributed by atoms with Gasteiger partial charge in [-0.15, -0.1) is 0 Å². The summed E-state index contributed by atoms with van der Waals surface area (Å²) >= 11 is 0. The van der Waals surface area contributed by atoms with Crippen molar-refractivity contribution in [3.05, 3.63) is 27.4 Å². The lowest BCUT2D eigenvalue weighted by molar-refractivity contribution is -0.0103. The van der Waals surface area contributed by atoms with Crippen molar-refractivity contribution in [3.63, 3.8) is 0 Å². The van der Waals surface area contributed by atoms with E-state index >= 15 is 0 Å². The Hall–Kier alpha value is -1.20. The standard InChI is InChI=1S/C14H25N3O2/c1-7-19-14(5,6)8-15-9(2)12-10(3)16-11(4)17-13(12)18/h9,15H,7-8H2,1-6H3,(H,16,17,18). The van der Waals surface area contributed by atoms with Gasteiger partial charge in [0.25, 0.3) is 5.56 Å². The zero-order valence-corrected chi connectivity index (χ0v) is 12.8. The van der Waals surface area contributed by atoms with E-state index in [0.29, 0.717) is 24.5 Å². The Labute approximate surface area is 114 Å². The van der Waals surface area contributed by atoms with Crippen LogP contribution in [-0.2, 0) is 4.74 Å². The Morgan fingerprint density at radius 1 is 1.42 bits per heavy atom. The number of ether oxygens (including phenoxy) is 1. The molecule has 0 aliphatic heterocycles. The molecule has 0 bridgehead atoms. The zero-order chi connectivity index (χ0) is 14.6. The monoisotopic (exact) mass is 267 g/mol. The van der Waals surface area contributed by atoms with Gasteiger partial charge in [-0.2, -0.15) is 0 Å². The molecule has 0 aromatic carbocycles. The second kappa shape index (κ2) is 6.30. The molecule has 0 saturated carbocycles. The van der Waals surface area contributed by atoms with Gasteiger partial charge in [0.05, 0.1) is 11.2 Å². The number of nitrogens with one attached hydrogen (secondary N) is 2. The van der Waals surface area contributed by atoms with Crippen molar-refractivity contribution in [1.82, 2.24) is 15.3 Å². The SMILES string of the molecule is CCOC(C)(C)CNC(C)c1c(C)nc(C)[nH]c1=O. The van der Waals surface area contributed by atoms with E-state index in [1.165, 1.54) is 0 Å². The molecule has 0 saturated heterocycles. The molecule has 1 rings (SSSR count). The fourth-order valence-corrected chi connectivity index (χ4v) is 2.19. The molecule has 108 valence electrons. The van der Waals surface area contributed by atoms with Crippen LogP contribution in [0.4, 0.5) is 0 Å². The normalized spacial score (nSPS) is 13.6. The molecule has 1 unspecified atom stereocenters. The smallest absolute Gasteiger partial charge is 0.255 e. The van der Waals surface area contributed by atoms with E-state index in [2.05, 4.69) is 15.3 Å². The molecule has 0 aliphatic carbocycles. The van der Waals surface area contributed by atoms with Gasteiger partial charge in [0.2, 0.25) is 0 Å². The van der Waals surface area contributed by atoms with Crippen LogP contribution >= 0.6 is 0 Å². The summed E-state index contributed by atoms with van der Waals surface area (Å²) in [6.07, 6.45) is 0. The van der Waals surface area contributed by atoms with Crippen LogP contribution in [0.3, 0.4) is 0 Å². The molecule has 0 radical (unpaired) electrons. The molecule has 5 heteroatoms. The van der Waals surface area contributed by atoms with Gasteiger partial charge in [-0.1, -0.05) is 0 Å². The Morgan fingerprint density at radius 2 is 2.05 bits per heavy atom. The number of aromatic amines is 1. The average molecular weight is 267 g/mol. The summed E-state index contributed by atoms with van der Waals surface area (Å²) in [5.74, 6) is 0.646. The maximum atomic E-state index is 12.0. The molecule has 1 aromatic heterocycles. The van der Waals surface area contributed by atoms with Crippen molar-refractivity contribution in [2.75, 3.05) is 13.2 Å². The molecule has 0 aliphatic rings. The number of H-pyrrole nitrogens is 1. The molecule has 0 amide bonds. The largest absolute Gasteiger partial charge is 0.375 e. The second-order valence-electron chi connectivity index (χ2n) is 5.45. The number of rotatable bonds is 6. The summed E-state index contributed by atoms with van der Waals surface area (Å²) in [7, 11) is 0. The van der Waals surface area contributed by atoms with Gasteiger partial charge in [0.15, 0.2) is 0 Å². The predicted octanol–water partition coefficient (Wildman–Crippen LogP) is 1.85. The Balaban J connectivity index is 2.80. The van der Waals surface area contributed by atoms with Crippen LogP contribution in [0.2, 0.25) is 0 Å². The van der Waals surface area contributed by atoms with Crippen molar-refractivity contribution in [3.8, 4) is 0 Å². The quantitative estimate of drug-likeness (QED) is 0.825. The molecule has 0 fully saturated rings. The number of hydrogen-bond acceptors (Lipinski definition) is 4. The second-order valence-corrected chi connectivity index (χ2v) is 5.45. The minimum Gasteiger partial charge on any atom is -0.375 e. The lowest BCUT2D eigenvalue weighted by Crippen LogP contribution is -2.40. The first kappa shape index (κ1) is 15.9. The molecule has 1 aromatic rings. The van der Waals surface area contributed by atoms with E-state index in [-0.39, 0.29) is 17.2 Å². The lowest BCUT2D eigenvalue weighted by Gasteiger charge is -2.27. The maximum Gasteiger partial charge on any atom is 0.255 e. The van der Waals surface area contributed by atoms with E-state index < -0.39 is 0 Å². The van der Waals surface area contributed by atoms with Crippen molar-refractivity contribution < 1.29 is 4.74 Å². The first-order valence-electron chi connectivity index (χ1n) is 6.71. The molecular weight excluding hydrogens is 242 g/mol. The highest BCUT2D eigenvalue weighted by atomic mass is 16.5. The molecule has 0 spiro atoms. The summed E-state index contributed by atoms with van der Waals surface area (Å²) in [6, 6.07) is -0.0587. The van der Waals surface area contributed by atoms with Crippen LogP contribution < -0.4 is 10.9 Å². The van der Waals surface area contributed by atoms with Crippen LogP contribution in [0, 0.1) is 13.8 Å². The van der Waals surface area contributed by atoms with E-state index in [1.807, 2.05) is 34.6 Å². The van der Waals surface area contributed by atoms with Gasteiger partial charge in [0.1, 0.15) is 5.82 Å². The highest BCUT2D eigenvalue weighted by Gasteiger charge is 2.21. The van der Waals surface area contributed by atoms with Crippen molar-refractivity contribution >= 4 is 0 Å². The minimum absolute atomic E-state index is 0.0587. The van der Waals surface area contributed by atoms with Crippen molar-refractivity contribution in [2.45, 2.75) is 53.2 Å². The number of nitrogens with zero attached hydrogens (tertiary/aromatic N) is 1. The summed E-state index contributed by atoms with van der Waals surface area (Å²) in [5, 5.41) is 3.34. The van der Waals surface area contributed by atoms with E-state index in [1.54, 1.807) is 6.92 Å². The lowest BCUT2D eigenvalue weighted by atomic mass is 10.1. The van der Waals surface area contributed by atoms with Gasteiger partial charge in [0, 0.05) is 24.9 Å².